The van der Waals surface area contributed by atoms with Crippen molar-refractivity contribution in [3.05, 3.63) is 0 Å². The van der Waals surface area contributed by atoms with Crippen molar-refractivity contribution in [1.29, 1.82) is 0 Å². The first-order valence-corrected chi connectivity index (χ1v) is 7.95. The smallest absolute Gasteiger partial charge is 0.326 e. The fraction of sp³-hybridized carbons (Fsp3) is 0.571. The Hall–Kier alpha value is -3.26. The molecule has 5 amide bonds. The molecule has 0 aromatic carbocycles. The number of carboxylic acids is 1. The molecule has 0 rings (SSSR count). The van der Waals surface area contributed by atoms with Gasteiger partial charge in [-0.3, -0.25) is 24.0 Å². The monoisotopic (exact) mass is 404 g/mol. The largest absolute Gasteiger partial charge is 0.480 e. The van der Waals surface area contributed by atoms with Crippen LogP contribution in [0.5, 0.6) is 0 Å². The van der Waals surface area contributed by atoms with E-state index in [-0.39, 0.29) is 0 Å². The van der Waals surface area contributed by atoms with E-state index in [1.165, 1.54) is 6.92 Å². The Kier molecular flexibility index (Phi) is 10.1. The molecule has 0 bridgehead atoms. The maximum atomic E-state index is 12.2. The van der Waals surface area contributed by atoms with Gasteiger partial charge in [-0.25, -0.2) is 4.79 Å². The zero-order chi connectivity index (χ0) is 22.0. The lowest BCUT2D eigenvalue weighted by Gasteiger charge is -2.20. The molecule has 0 aromatic heterocycles. The third kappa shape index (κ3) is 9.44. The van der Waals surface area contributed by atoms with Crippen LogP contribution in [0.2, 0.25) is 0 Å². The summed E-state index contributed by atoms with van der Waals surface area (Å²) < 4.78 is 0. The SMILES string of the molecule is CC(O)C(N)C(=O)NCC(=O)NC(CC(N)=O)C(=O)NC(CC(N)=O)C(=O)O. The van der Waals surface area contributed by atoms with Crippen LogP contribution in [0.3, 0.4) is 0 Å². The van der Waals surface area contributed by atoms with Crippen LogP contribution in [0.15, 0.2) is 0 Å². The summed E-state index contributed by atoms with van der Waals surface area (Å²) in [5.74, 6) is -6.41. The number of aliphatic hydroxyl groups is 1. The number of carbonyl (C=O) groups is 6. The molecule has 0 saturated heterocycles. The molecule has 14 nitrogen and oxygen atoms in total. The van der Waals surface area contributed by atoms with Crippen molar-refractivity contribution in [2.24, 2.45) is 17.2 Å². The molecule has 11 N–H and O–H groups in total. The average Bonchev–Trinajstić information content (AvgIpc) is 2.56. The van der Waals surface area contributed by atoms with Gasteiger partial charge < -0.3 is 43.4 Å². The van der Waals surface area contributed by atoms with Gasteiger partial charge in [0.25, 0.3) is 0 Å². The molecule has 0 aromatic rings. The van der Waals surface area contributed by atoms with Crippen LogP contribution in [0.1, 0.15) is 19.8 Å². The van der Waals surface area contributed by atoms with Gasteiger partial charge >= 0.3 is 5.97 Å². The third-order valence-corrected chi connectivity index (χ3v) is 3.32. The molecule has 0 fully saturated rings. The summed E-state index contributed by atoms with van der Waals surface area (Å²) in [6, 6.07) is -4.54. The summed E-state index contributed by atoms with van der Waals surface area (Å²) >= 11 is 0. The van der Waals surface area contributed by atoms with Gasteiger partial charge in [-0.1, -0.05) is 0 Å². The van der Waals surface area contributed by atoms with Crippen LogP contribution in [-0.2, 0) is 28.8 Å². The van der Waals surface area contributed by atoms with Gasteiger partial charge in [-0.15, -0.1) is 0 Å². The molecule has 14 heteroatoms. The molecule has 0 aliphatic heterocycles. The molecule has 158 valence electrons. The molecule has 0 heterocycles. The molecule has 0 radical (unpaired) electrons. The number of nitrogens with one attached hydrogen (secondary N) is 3. The Balaban J connectivity index is 4.97. The minimum atomic E-state index is -1.68. The third-order valence-electron chi connectivity index (χ3n) is 3.32. The highest BCUT2D eigenvalue weighted by Gasteiger charge is 2.29. The summed E-state index contributed by atoms with van der Waals surface area (Å²) in [5.41, 5.74) is 15.3. The van der Waals surface area contributed by atoms with Gasteiger partial charge in [0, 0.05) is 0 Å². The van der Waals surface area contributed by atoms with E-state index in [2.05, 4.69) is 10.6 Å². The van der Waals surface area contributed by atoms with E-state index in [4.69, 9.17) is 22.3 Å². The van der Waals surface area contributed by atoms with Gasteiger partial charge in [-0.2, -0.15) is 0 Å². The number of rotatable bonds is 12. The van der Waals surface area contributed by atoms with Crippen LogP contribution in [0.25, 0.3) is 0 Å². The number of carboxylic acid groups (broad SMARTS) is 1. The van der Waals surface area contributed by atoms with Crippen LogP contribution >= 0.6 is 0 Å². The van der Waals surface area contributed by atoms with Gasteiger partial charge in [0.2, 0.25) is 29.5 Å². The van der Waals surface area contributed by atoms with Gasteiger partial charge in [-0.05, 0) is 6.92 Å². The van der Waals surface area contributed by atoms with Crippen molar-refractivity contribution in [2.75, 3.05) is 6.54 Å². The first-order valence-electron chi connectivity index (χ1n) is 7.95. The molecule has 28 heavy (non-hydrogen) atoms. The number of hydrogen-bond acceptors (Lipinski definition) is 8. The Bertz CT molecular complexity index is 637. The van der Waals surface area contributed by atoms with Crippen molar-refractivity contribution in [1.82, 2.24) is 16.0 Å². The second-order valence-electron chi connectivity index (χ2n) is 5.84. The molecule has 4 atom stereocenters. The summed E-state index contributed by atoms with van der Waals surface area (Å²) in [7, 11) is 0. The molecule has 0 saturated carbocycles. The van der Waals surface area contributed by atoms with Crippen molar-refractivity contribution < 1.29 is 39.0 Å². The highest BCUT2D eigenvalue weighted by atomic mass is 16.4. The zero-order valence-electron chi connectivity index (χ0n) is 15.0. The summed E-state index contributed by atoms with van der Waals surface area (Å²) in [6.07, 6.45) is -2.57. The average molecular weight is 404 g/mol. The second kappa shape index (κ2) is 11.5. The lowest BCUT2D eigenvalue weighted by atomic mass is 10.1. The topological polar surface area (TPSA) is 257 Å². The van der Waals surface area contributed by atoms with Crippen LogP contribution in [-0.4, -0.2) is 76.5 Å². The Morgan fingerprint density at radius 2 is 1.39 bits per heavy atom. The first-order chi connectivity index (χ1) is 12.8. The standard InChI is InChI=1S/C14H24N6O8/c1-5(21)11(17)13(26)18-4-10(24)19-6(2-8(15)22)12(25)20-7(14(27)28)3-9(16)23/h5-7,11,21H,2-4,17H2,1H3,(H2,15,22)(H2,16,23)(H,18,26)(H,19,24)(H,20,25)(H,27,28). The highest BCUT2D eigenvalue weighted by molar-refractivity contribution is 5.95. The van der Waals surface area contributed by atoms with Crippen LogP contribution in [0, 0.1) is 0 Å². The van der Waals surface area contributed by atoms with E-state index in [9.17, 15) is 33.9 Å². The number of primary amides is 2. The molecular formula is C14H24N6O8. The number of aliphatic hydroxyl groups excluding tert-OH is 1. The lowest BCUT2D eigenvalue weighted by molar-refractivity contribution is -0.143. The number of nitrogens with two attached hydrogens (primary N) is 3. The van der Waals surface area contributed by atoms with Crippen molar-refractivity contribution in [3.63, 3.8) is 0 Å². The van der Waals surface area contributed by atoms with E-state index >= 15 is 0 Å². The number of amides is 5. The molecule has 0 aliphatic carbocycles. The number of hydrogen-bond donors (Lipinski definition) is 8. The van der Waals surface area contributed by atoms with Crippen molar-refractivity contribution in [3.8, 4) is 0 Å². The van der Waals surface area contributed by atoms with E-state index < -0.39 is 79.1 Å². The normalized spacial score (nSPS) is 14.7. The van der Waals surface area contributed by atoms with E-state index in [1.54, 1.807) is 0 Å². The van der Waals surface area contributed by atoms with Gasteiger partial charge in [0.15, 0.2) is 0 Å². The minimum Gasteiger partial charge on any atom is -0.480 e. The summed E-state index contributed by atoms with van der Waals surface area (Å²) in [5, 5.41) is 24.3. The predicted octanol–water partition coefficient (Wildman–Crippen LogP) is -5.38. The first kappa shape index (κ1) is 24.7. The van der Waals surface area contributed by atoms with E-state index in [0.717, 1.165) is 0 Å². The Morgan fingerprint density at radius 1 is 0.893 bits per heavy atom. The maximum absolute atomic E-state index is 12.2. The van der Waals surface area contributed by atoms with E-state index in [1.807, 2.05) is 5.32 Å². The lowest BCUT2D eigenvalue weighted by Crippen LogP contribution is -2.55. The van der Waals surface area contributed by atoms with Crippen molar-refractivity contribution in [2.45, 2.75) is 44.0 Å². The maximum Gasteiger partial charge on any atom is 0.326 e. The van der Waals surface area contributed by atoms with Gasteiger partial charge in [0.1, 0.15) is 18.1 Å². The summed E-state index contributed by atoms with van der Waals surface area (Å²) in [6.45, 7) is 0.619. The fourth-order valence-corrected chi connectivity index (χ4v) is 1.83. The van der Waals surface area contributed by atoms with Gasteiger partial charge in [0.05, 0.1) is 25.5 Å². The predicted molar refractivity (Wildman–Crippen MR) is 91.8 cm³/mol. The molecule has 0 aliphatic rings. The molecule has 0 spiro atoms. The quantitative estimate of drug-likeness (QED) is 0.154. The second-order valence-corrected chi connectivity index (χ2v) is 5.84. The van der Waals surface area contributed by atoms with E-state index in [0.29, 0.717) is 0 Å². The number of aliphatic carboxylic acids is 1. The molecular weight excluding hydrogens is 380 g/mol. The summed E-state index contributed by atoms with van der Waals surface area (Å²) in [4.78, 5) is 68.6. The minimum absolute atomic E-state index is 0.647. The Labute approximate surface area is 159 Å². The van der Waals surface area contributed by atoms with Crippen LogP contribution < -0.4 is 33.2 Å². The number of carbonyl (C=O) groups excluding carboxylic acids is 5. The Morgan fingerprint density at radius 3 is 1.82 bits per heavy atom. The molecule has 4 unspecified atom stereocenters. The zero-order valence-corrected chi connectivity index (χ0v) is 15.0. The highest BCUT2D eigenvalue weighted by Crippen LogP contribution is 1.98. The van der Waals surface area contributed by atoms with Crippen LogP contribution in [0.4, 0.5) is 0 Å². The fourth-order valence-electron chi connectivity index (χ4n) is 1.83. The van der Waals surface area contributed by atoms with Crippen molar-refractivity contribution >= 4 is 35.5 Å².